The van der Waals surface area contributed by atoms with Crippen LogP contribution in [0.15, 0.2) is 18.3 Å². The highest BCUT2D eigenvalue weighted by atomic mass is 16.4. The normalized spacial score (nSPS) is 14.9. The van der Waals surface area contributed by atoms with E-state index in [1.54, 1.807) is 6.07 Å². The van der Waals surface area contributed by atoms with Gasteiger partial charge in [0.25, 0.3) is 0 Å². The van der Waals surface area contributed by atoms with Crippen LogP contribution in [0.1, 0.15) is 29.6 Å². The zero-order valence-corrected chi connectivity index (χ0v) is 8.44. The van der Waals surface area contributed by atoms with Gasteiger partial charge in [0.05, 0.1) is 5.56 Å². The lowest BCUT2D eigenvalue weighted by atomic mass is 10.2. The largest absolute Gasteiger partial charge is 0.478 e. The molecule has 4 heteroatoms. The van der Waals surface area contributed by atoms with Crippen LogP contribution in [0.25, 0.3) is 0 Å². The quantitative estimate of drug-likeness (QED) is 0.773. The van der Waals surface area contributed by atoms with Gasteiger partial charge in [0.2, 0.25) is 0 Å². The van der Waals surface area contributed by atoms with Gasteiger partial charge >= 0.3 is 5.97 Å². The minimum atomic E-state index is -0.914. The summed E-state index contributed by atoms with van der Waals surface area (Å²) in [7, 11) is 0. The van der Waals surface area contributed by atoms with Crippen LogP contribution in [0.5, 0.6) is 0 Å². The molecular formula is C11H14N2O2. The van der Waals surface area contributed by atoms with E-state index in [9.17, 15) is 4.79 Å². The van der Waals surface area contributed by atoms with E-state index in [-0.39, 0.29) is 5.56 Å². The first-order valence-corrected chi connectivity index (χ1v) is 5.19. The second kappa shape index (κ2) is 4.29. The van der Waals surface area contributed by atoms with Gasteiger partial charge in [0.1, 0.15) is 5.82 Å². The number of hydrogen-bond donors (Lipinski definition) is 2. The van der Waals surface area contributed by atoms with Crippen LogP contribution in [0.4, 0.5) is 5.82 Å². The van der Waals surface area contributed by atoms with Crippen molar-refractivity contribution in [3.63, 3.8) is 0 Å². The molecule has 15 heavy (non-hydrogen) atoms. The molecule has 0 spiro atoms. The second-order valence-electron chi connectivity index (χ2n) is 3.89. The molecule has 1 aromatic rings. The van der Waals surface area contributed by atoms with Crippen molar-refractivity contribution in [2.45, 2.75) is 19.3 Å². The van der Waals surface area contributed by atoms with E-state index < -0.39 is 5.97 Å². The summed E-state index contributed by atoms with van der Waals surface area (Å²) in [5.41, 5.74) is 0.277. The van der Waals surface area contributed by atoms with E-state index in [2.05, 4.69) is 10.3 Å². The summed E-state index contributed by atoms with van der Waals surface area (Å²) >= 11 is 0. The lowest BCUT2D eigenvalue weighted by Gasteiger charge is -2.04. The summed E-state index contributed by atoms with van der Waals surface area (Å²) in [6, 6.07) is 3.06. The molecule has 0 atom stereocenters. The molecule has 1 aromatic heterocycles. The van der Waals surface area contributed by atoms with Crippen molar-refractivity contribution >= 4 is 11.8 Å². The summed E-state index contributed by atoms with van der Waals surface area (Å²) in [5.74, 6) is 0.610. The van der Waals surface area contributed by atoms with Gasteiger partial charge in [-0.05, 0) is 24.5 Å². The molecule has 0 unspecified atom stereocenters. The Balaban J connectivity index is 1.88. The molecule has 0 radical (unpaired) electrons. The van der Waals surface area contributed by atoms with E-state index in [1.807, 2.05) is 0 Å². The van der Waals surface area contributed by atoms with Crippen LogP contribution >= 0.6 is 0 Å². The topological polar surface area (TPSA) is 62.2 Å². The summed E-state index contributed by atoms with van der Waals surface area (Å²) in [6.45, 7) is 0.876. The van der Waals surface area contributed by atoms with Crippen molar-refractivity contribution in [1.82, 2.24) is 4.98 Å². The number of aromatic nitrogens is 1. The predicted molar refractivity (Wildman–Crippen MR) is 57.0 cm³/mol. The molecule has 0 aliphatic heterocycles. The van der Waals surface area contributed by atoms with Gasteiger partial charge in [0, 0.05) is 12.7 Å². The number of rotatable bonds is 5. The van der Waals surface area contributed by atoms with Crippen LogP contribution in [-0.2, 0) is 0 Å². The number of anilines is 1. The molecular weight excluding hydrogens is 192 g/mol. The lowest BCUT2D eigenvalue weighted by molar-refractivity contribution is 0.0697. The fraction of sp³-hybridized carbons (Fsp3) is 0.455. The number of carboxylic acids is 1. The van der Waals surface area contributed by atoms with Gasteiger partial charge in [-0.2, -0.15) is 0 Å². The summed E-state index contributed by atoms with van der Waals surface area (Å²) in [5, 5.41) is 11.9. The summed E-state index contributed by atoms with van der Waals surface area (Å²) < 4.78 is 0. The van der Waals surface area contributed by atoms with Crippen molar-refractivity contribution in [3.8, 4) is 0 Å². The van der Waals surface area contributed by atoms with Gasteiger partial charge in [-0.15, -0.1) is 0 Å². The van der Waals surface area contributed by atoms with E-state index in [4.69, 9.17) is 5.11 Å². The number of hydrogen-bond acceptors (Lipinski definition) is 3. The lowest BCUT2D eigenvalue weighted by Crippen LogP contribution is -2.05. The highest BCUT2D eigenvalue weighted by molar-refractivity contribution is 5.88. The van der Waals surface area contributed by atoms with Gasteiger partial charge in [-0.1, -0.05) is 12.8 Å². The smallest absolute Gasteiger partial charge is 0.335 e. The molecule has 0 bridgehead atoms. The third-order valence-electron chi connectivity index (χ3n) is 2.56. The maximum atomic E-state index is 10.7. The number of pyridine rings is 1. The molecule has 0 saturated heterocycles. The molecule has 2 rings (SSSR count). The molecule has 80 valence electrons. The second-order valence-corrected chi connectivity index (χ2v) is 3.89. The number of nitrogens with one attached hydrogen (secondary N) is 1. The monoisotopic (exact) mass is 206 g/mol. The van der Waals surface area contributed by atoms with E-state index in [1.165, 1.54) is 25.1 Å². The number of nitrogens with zero attached hydrogens (tertiary/aromatic N) is 1. The van der Waals surface area contributed by atoms with Crippen molar-refractivity contribution in [3.05, 3.63) is 23.9 Å². The third kappa shape index (κ3) is 2.94. The Morgan fingerprint density at radius 3 is 3.07 bits per heavy atom. The fourth-order valence-electron chi connectivity index (χ4n) is 1.47. The zero-order valence-electron chi connectivity index (χ0n) is 8.44. The van der Waals surface area contributed by atoms with Gasteiger partial charge < -0.3 is 10.4 Å². The molecule has 0 amide bonds. The SMILES string of the molecule is O=C(O)c1ccnc(NCCC2CC2)c1. The van der Waals surface area contributed by atoms with Crippen molar-refractivity contribution in [2.75, 3.05) is 11.9 Å². The third-order valence-corrected chi connectivity index (χ3v) is 2.56. The highest BCUT2D eigenvalue weighted by Crippen LogP contribution is 2.31. The minimum absolute atomic E-state index is 0.277. The maximum absolute atomic E-state index is 10.7. The molecule has 2 N–H and O–H groups in total. The first-order valence-electron chi connectivity index (χ1n) is 5.19. The molecule has 1 aliphatic carbocycles. The van der Waals surface area contributed by atoms with Crippen molar-refractivity contribution in [1.29, 1.82) is 0 Å². The number of carboxylic acid groups (broad SMARTS) is 1. The van der Waals surface area contributed by atoms with Gasteiger partial charge in [-0.3, -0.25) is 0 Å². The van der Waals surface area contributed by atoms with Gasteiger partial charge in [-0.25, -0.2) is 9.78 Å². The molecule has 1 heterocycles. The first-order chi connectivity index (χ1) is 7.25. The Morgan fingerprint density at radius 2 is 2.40 bits per heavy atom. The average Bonchev–Trinajstić information content (AvgIpc) is 3.02. The Kier molecular flexibility index (Phi) is 2.85. The molecule has 0 aromatic carbocycles. The molecule has 1 fully saturated rings. The van der Waals surface area contributed by atoms with Crippen LogP contribution in [-0.4, -0.2) is 22.6 Å². The van der Waals surface area contributed by atoms with Crippen molar-refractivity contribution < 1.29 is 9.90 Å². The Hall–Kier alpha value is -1.58. The van der Waals surface area contributed by atoms with Gasteiger partial charge in [0.15, 0.2) is 0 Å². The Morgan fingerprint density at radius 1 is 1.60 bits per heavy atom. The van der Waals surface area contributed by atoms with Crippen LogP contribution in [0.3, 0.4) is 0 Å². The Labute approximate surface area is 88.3 Å². The van der Waals surface area contributed by atoms with E-state index in [0.29, 0.717) is 5.82 Å². The molecule has 1 saturated carbocycles. The summed E-state index contributed by atoms with van der Waals surface area (Å²) in [4.78, 5) is 14.8. The standard InChI is InChI=1S/C11H14N2O2/c14-11(15)9-4-6-13-10(7-9)12-5-3-8-1-2-8/h4,6-8H,1-3,5H2,(H,12,13)(H,14,15). The number of aromatic carboxylic acids is 1. The average molecular weight is 206 g/mol. The predicted octanol–water partition coefficient (Wildman–Crippen LogP) is 1.99. The number of carbonyl (C=O) groups is 1. The minimum Gasteiger partial charge on any atom is -0.478 e. The summed E-state index contributed by atoms with van der Waals surface area (Å²) in [6.07, 6.45) is 5.34. The fourth-order valence-corrected chi connectivity index (χ4v) is 1.47. The Bertz CT molecular complexity index is 361. The maximum Gasteiger partial charge on any atom is 0.335 e. The van der Waals surface area contributed by atoms with Crippen LogP contribution < -0.4 is 5.32 Å². The van der Waals surface area contributed by atoms with E-state index in [0.717, 1.165) is 18.9 Å². The molecule has 1 aliphatic rings. The zero-order chi connectivity index (χ0) is 10.7. The van der Waals surface area contributed by atoms with E-state index >= 15 is 0 Å². The first kappa shape index (κ1) is 9.96. The van der Waals surface area contributed by atoms with Crippen LogP contribution in [0.2, 0.25) is 0 Å². The van der Waals surface area contributed by atoms with Crippen LogP contribution in [0, 0.1) is 5.92 Å². The van der Waals surface area contributed by atoms with Crippen molar-refractivity contribution in [2.24, 2.45) is 5.92 Å². The highest BCUT2D eigenvalue weighted by Gasteiger charge is 2.20. The molecule has 4 nitrogen and oxygen atoms in total.